The summed E-state index contributed by atoms with van der Waals surface area (Å²) < 4.78 is 5.34. The largest absolute Gasteiger partial charge is 0.380 e. The van der Waals surface area contributed by atoms with Crippen LogP contribution in [0.25, 0.3) is 0 Å². The second-order valence-corrected chi connectivity index (χ2v) is 4.25. The lowest BCUT2D eigenvalue weighted by atomic mass is 10.1. The van der Waals surface area contributed by atoms with Gasteiger partial charge in [-0.1, -0.05) is 12.1 Å². The molecule has 1 aromatic rings. The summed E-state index contributed by atoms with van der Waals surface area (Å²) in [6.45, 7) is 5.49. The number of ether oxygens (including phenoxy) is 1. The van der Waals surface area contributed by atoms with Gasteiger partial charge in [-0.2, -0.15) is 0 Å². The van der Waals surface area contributed by atoms with Crippen molar-refractivity contribution in [2.45, 2.75) is 26.3 Å². The normalized spacial score (nSPS) is 11.9. The number of carbonyl (C=O) groups excluding carboxylic acids is 1. The zero-order valence-electron chi connectivity index (χ0n) is 11.3. The van der Waals surface area contributed by atoms with Crippen molar-refractivity contribution in [3.63, 3.8) is 0 Å². The minimum Gasteiger partial charge on any atom is -0.380 e. The molecule has 0 aliphatic rings. The number of carbonyl (C=O) groups is 1. The first-order valence-corrected chi connectivity index (χ1v) is 6.29. The van der Waals surface area contributed by atoms with Crippen molar-refractivity contribution in [2.75, 3.05) is 25.6 Å². The number of anilines is 1. The van der Waals surface area contributed by atoms with Crippen molar-refractivity contribution < 1.29 is 9.53 Å². The highest BCUT2D eigenvalue weighted by molar-refractivity contribution is 5.78. The van der Waals surface area contributed by atoms with E-state index in [9.17, 15) is 4.79 Å². The highest BCUT2D eigenvalue weighted by Crippen LogP contribution is 2.11. The van der Waals surface area contributed by atoms with Gasteiger partial charge < -0.3 is 15.4 Å². The number of rotatable bonds is 7. The molecule has 0 saturated heterocycles. The number of amides is 1. The van der Waals surface area contributed by atoms with E-state index in [4.69, 9.17) is 4.74 Å². The fraction of sp³-hybridized carbons (Fsp3) is 0.500. The van der Waals surface area contributed by atoms with Crippen LogP contribution in [0.15, 0.2) is 24.3 Å². The van der Waals surface area contributed by atoms with E-state index in [0.29, 0.717) is 13.0 Å². The third-order valence-corrected chi connectivity index (χ3v) is 2.58. The van der Waals surface area contributed by atoms with Crippen LogP contribution in [0.4, 0.5) is 5.69 Å². The minimum atomic E-state index is 0.0282. The Labute approximate surface area is 109 Å². The van der Waals surface area contributed by atoms with Crippen molar-refractivity contribution in [3.8, 4) is 0 Å². The van der Waals surface area contributed by atoms with E-state index in [1.165, 1.54) is 0 Å². The average Bonchev–Trinajstić information content (AvgIpc) is 2.38. The van der Waals surface area contributed by atoms with Crippen molar-refractivity contribution in [1.29, 1.82) is 0 Å². The summed E-state index contributed by atoms with van der Waals surface area (Å²) in [5.74, 6) is 0.0282. The Morgan fingerprint density at radius 1 is 1.33 bits per heavy atom. The number of benzene rings is 1. The van der Waals surface area contributed by atoms with Crippen LogP contribution in [-0.4, -0.2) is 32.2 Å². The molecule has 0 saturated carbocycles. The van der Waals surface area contributed by atoms with Gasteiger partial charge in [0, 0.05) is 25.4 Å². The Balaban J connectivity index is 2.47. The molecule has 0 radical (unpaired) electrons. The molecule has 4 nitrogen and oxygen atoms in total. The topological polar surface area (TPSA) is 50.4 Å². The lowest BCUT2D eigenvalue weighted by molar-refractivity contribution is -0.119. The molecule has 100 valence electrons. The van der Waals surface area contributed by atoms with Crippen LogP contribution in [-0.2, 0) is 16.0 Å². The molecule has 1 amide bonds. The second-order valence-electron chi connectivity index (χ2n) is 4.25. The van der Waals surface area contributed by atoms with Gasteiger partial charge in [0.2, 0.25) is 5.91 Å². The highest BCUT2D eigenvalue weighted by Gasteiger charge is 2.03. The summed E-state index contributed by atoms with van der Waals surface area (Å²) >= 11 is 0. The molecule has 0 spiro atoms. The molecule has 18 heavy (non-hydrogen) atoms. The average molecular weight is 250 g/mol. The van der Waals surface area contributed by atoms with Crippen molar-refractivity contribution in [3.05, 3.63) is 29.8 Å². The first-order chi connectivity index (χ1) is 8.65. The maximum absolute atomic E-state index is 11.2. The number of nitrogens with one attached hydrogen (secondary N) is 2. The van der Waals surface area contributed by atoms with E-state index in [-0.39, 0.29) is 11.9 Å². The molecule has 0 aromatic heterocycles. The predicted octanol–water partition coefficient (Wildman–Crippen LogP) is 1.81. The predicted molar refractivity (Wildman–Crippen MR) is 73.8 cm³/mol. The summed E-state index contributed by atoms with van der Waals surface area (Å²) in [6, 6.07) is 8.17. The summed E-state index contributed by atoms with van der Waals surface area (Å²) in [5, 5.41) is 5.96. The summed E-state index contributed by atoms with van der Waals surface area (Å²) in [7, 11) is 1.65. The molecular weight excluding hydrogens is 228 g/mol. The van der Waals surface area contributed by atoms with E-state index in [1.54, 1.807) is 7.05 Å². The smallest absolute Gasteiger partial charge is 0.224 e. The number of likely N-dealkylation sites (N-methyl/N-ethyl adjacent to an activating group) is 1. The molecule has 1 atom stereocenters. The van der Waals surface area contributed by atoms with Crippen LogP contribution in [0.2, 0.25) is 0 Å². The molecule has 4 heteroatoms. The Morgan fingerprint density at radius 2 is 2.00 bits per heavy atom. The summed E-state index contributed by atoms with van der Waals surface area (Å²) in [6.07, 6.45) is 0.422. The fourth-order valence-corrected chi connectivity index (χ4v) is 1.61. The van der Waals surface area contributed by atoms with Crippen LogP contribution in [0.5, 0.6) is 0 Å². The van der Waals surface area contributed by atoms with Gasteiger partial charge in [-0.05, 0) is 31.5 Å². The van der Waals surface area contributed by atoms with Crippen molar-refractivity contribution in [2.24, 2.45) is 0 Å². The Bertz CT molecular complexity index is 363. The van der Waals surface area contributed by atoms with Gasteiger partial charge in [0.05, 0.1) is 13.0 Å². The van der Waals surface area contributed by atoms with E-state index >= 15 is 0 Å². The molecule has 2 N–H and O–H groups in total. The van der Waals surface area contributed by atoms with Gasteiger partial charge in [-0.3, -0.25) is 4.79 Å². The SMILES string of the molecule is CCOCC(C)Nc1ccc(CC(=O)NC)cc1. The Hall–Kier alpha value is -1.55. The quantitative estimate of drug-likeness (QED) is 0.776. The van der Waals surface area contributed by atoms with Crippen LogP contribution < -0.4 is 10.6 Å². The van der Waals surface area contributed by atoms with E-state index < -0.39 is 0 Å². The van der Waals surface area contributed by atoms with Gasteiger partial charge in [-0.25, -0.2) is 0 Å². The van der Waals surface area contributed by atoms with Gasteiger partial charge in [0.25, 0.3) is 0 Å². The molecule has 1 aromatic carbocycles. The van der Waals surface area contributed by atoms with E-state index in [1.807, 2.05) is 31.2 Å². The molecule has 0 bridgehead atoms. The zero-order chi connectivity index (χ0) is 13.4. The number of hydrogen-bond acceptors (Lipinski definition) is 3. The minimum absolute atomic E-state index is 0.0282. The van der Waals surface area contributed by atoms with Gasteiger partial charge in [0.15, 0.2) is 0 Å². The second kappa shape index (κ2) is 7.71. The first kappa shape index (κ1) is 14.5. The standard InChI is InChI=1S/C14H22N2O2/c1-4-18-10-11(2)16-13-7-5-12(6-8-13)9-14(17)15-3/h5-8,11,16H,4,9-10H2,1-3H3,(H,15,17). The molecule has 1 unspecified atom stereocenters. The first-order valence-electron chi connectivity index (χ1n) is 6.29. The lowest BCUT2D eigenvalue weighted by Gasteiger charge is -2.15. The molecule has 0 aliphatic heterocycles. The summed E-state index contributed by atoms with van der Waals surface area (Å²) in [4.78, 5) is 11.2. The molecule has 0 heterocycles. The molecule has 0 aliphatic carbocycles. The zero-order valence-corrected chi connectivity index (χ0v) is 11.3. The van der Waals surface area contributed by atoms with Crippen molar-refractivity contribution in [1.82, 2.24) is 5.32 Å². The molecular formula is C14H22N2O2. The summed E-state index contributed by atoms with van der Waals surface area (Å²) in [5.41, 5.74) is 2.06. The number of hydrogen-bond donors (Lipinski definition) is 2. The van der Waals surface area contributed by atoms with Crippen LogP contribution >= 0.6 is 0 Å². The Kier molecular flexibility index (Phi) is 6.22. The monoisotopic (exact) mass is 250 g/mol. The van der Waals surface area contributed by atoms with Gasteiger partial charge >= 0.3 is 0 Å². The molecule has 1 rings (SSSR count). The maximum Gasteiger partial charge on any atom is 0.224 e. The maximum atomic E-state index is 11.2. The molecule has 0 fully saturated rings. The fourth-order valence-electron chi connectivity index (χ4n) is 1.61. The van der Waals surface area contributed by atoms with Crippen LogP contribution in [0.3, 0.4) is 0 Å². The lowest BCUT2D eigenvalue weighted by Crippen LogP contribution is -2.22. The van der Waals surface area contributed by atoms with Crippen LogP contribution in [0, 0.1) is 0 Å². The van der Waals surface area contributed by atoms with Gasteiger partial charge in [0.1, 0.15) is 0 Å². The third-order valence-electron chi connectivity index (χ3n) is 2.58. The van der Waals surface area contributed by atoms with E-state index in [2.05, 4.69) is 17.6 Å². The van der Waals surface area contributed by atoms with Crippen molar-refractivity contribution >= 4 is 11.6 Å². The third kappa shape index (κ3) is 5.19. The highest BCUT2D eigenvalue weighted by atomic mass is 16.5. The van der Waals surface area contributed by atoms with E-state index in [0.717, 1.165) is 17.9 Å². The van der Waals surface area contributed by atoms with Crippen LogP contribution in [0.1, 0.15) is 19.4 Å². The Morgan fingerprint density at radius 3 is 2.56 bits per heavy atom. The van der Waals surface area contributed by atoms with Gasteiger partial charge in [-0.15, -0.1) is 0 Å².